The maximum atomic E-state index is 12.5. The van der Waals surface area contributed by atoms with E-state index in [0.29, 0.717) is 27.3 Å². The van der Waals surface area contributed by atoms with E-state index in [4.69, 9.17) is 11.6 Å². The van der Waals surface area contributed by atoms with Crippen molar-refractivity contribution in [1.29, 1.82) is 0 Å². The van der Waals surface area contributed by atoms with E-state index in [-0.39, 0.29) is 12.5 Å². The van der Waals surface area contributed by atoms with E-state index >= 15 is 0 Å². The third kappa shape index (κ3) is 6.93. The maximum absolute atomic E-state index is 12.5. The van der Waals surface area contributed by atoms with Crippen molar-refractivity contribution in [3.8, 4) is 0 Å². The summed E-state index contributed by atoms with van der Waals surface area (Å²) in [5.74, 6) is 1.17. The minimum atomic E-state index is -3.53. The van der Waals surface area contributed by atoms with Crippen LogP contribution in [0.1, 0.15) is 29.8 Å². The van der Waals surface area contributed by atoms with Gasteiger partial charge in [-0.15, -0.1) is 10.2 Å². The van der Waals surface area contributed by atoms with Crippen LogP contribution < -0.4 is 9.62 Å². The normalized spacial score (nSPS) is 11.5. The van der Waals surface area contributed by atoms with E-state index in [9.17, 15) is 13.2 Å². The van der Waals surface area contributed by atoms with Gasteiger partial charge in [-0.2, -0.15) is 0 Å². The molecule has 1 aromatic heterocycles. The van der Waals surface area contributed by atoms with Gasteiger partial charge in [-0.1, -0.05) is 66.7 Å². The number of carbonyl (C=O) groups is 1. The summed E-state index contributed by atoms with van der Waals surface area (Å²) in [6.45, 7) is 4.38. The smallest absolute Gasteiger partial charge is 0.257 e. The van der Waals surface area contributed by atoms with Gasteiger partial charge in [0.25, 0.3) is 5.91 Å². The number of rotatable bonds is 9. The number of sulfonamides is 1. The second-order valence-corrected chi connectivity index (χ2v) is 12.1. The molecule has 3 aromatic rings. The van der Waals surface area contributed by atoms with Crippen LogP contribution in [-0.4, -0.2) is 36.5 Å². The molecule has 0 saturated carbocycles. The number of aromatic nitrogens is 2. The van der Waals surface area contributed by atoms with E-state index in [1.54, 1.807) is 60.3 Å². The summed E-state index contributed by atoms with van der Waals surface area (Å²) in [6.07, 6.45) is 1.14. The molecule has 0 radical (unpaired) electrons. The van der Waals surface area contributed by atoms with Crippen LogP contribution in [0.3, 0.4) is 0 Å². The van der Waals surface area contributed by atoms with Gasteiger partial charge in [0.15, 0.2) is 4.34 Å². The van der Waals surface area contributed by atoms with Crippen molar-refractivity contribution in [3.63, 3.8) is 0 Å². The lowest BCUT2D eigenvalue weighted by Crippen LogP contribution is -2.29. The van der Waals surface area contributed by atoms with Crippen LogP contribution in [-0.2, 0) is 16.6 Å². The summed E-state index contributed by atoms with van der Waals surface area (Å²) >= 11 is 8.97. The third-order valence-electron chi connectivity index (χ3n) is 4.21. The molecule has 0 spiro atoms. The van der Waals surface area contributed by atoms with Crippen molar-refractivity contribution < 1.29 is 13.2 Å². The molecule has 1 amide bonds. The SMILES string of the molecule is CC(C)CSc1nnc(NC(=O)c2ccc(CN(c3cccc(Cl)c3)S(C)(=O)=O)cc2)s1. The predicted molar refractivity (Wildman–Crippen MR) is 132 cm³/mol. The molecule has 3 rings (SSSR count). The van der Waals surface area contributed by atoms with E-state index in [1.807, 2.05) is 0 Å². The lowest BCUT2D eigenvalue weighted by atomic mass is 10.1. The standard InChI is InChI=1S/C21H23ClN4O3S3/c1-14(2)13-30-21-25-24-20(31-21)23-19(27)16-9-7-15(8-10-16)12-26(32(3,28)29)18-6-4-5-17(22)11-18/h4-11,14H,12-13H2,1-3H3,(H,23,24,27). The van der Waals surface area contributed by atoms with Gasteiger partial charge in [0, 0.05) is 16.3 Å². The number of anilines is 2. The number of thioether (sulfide) groups is 1. The van der Waals surface area contributed by atoms with Crippen molar-refractivity contribution in [3.05, 3.63) is 64.7 Å². The molecule has 0 aliphatic rings. The minimum Gasteiger partial charge on any atom is -0.296 e. The number of nitrogens with zero attached hydrogens (tertiary/aromatic N) is 3. The fourth-order valence-corrected chi connectivity index (χ4v) is 5.47. The van der Waals surface area contributed by atoms with Crippen LogP contribution in [0, 0.1) is 5.92 Å². The first-order valence-corrected chi connectivity index (χ1v) is 13.7. The van der Waals surface area contributed by atoms with Gasteiger partial charge in [0.2, 0.25) is 15.2 Å². The number of halogens is 1. The van der Waals surface area contributed by atoms with Gasteiger partial charge >= 0.3 is 0 Å². The highest BCUT2D eigenvalue weighted by Crippen LogP contribution is 2.27. The van der Waals surface area contributed by atoms with Gasteiger partial charge in [-0.05, 0) is 41.8 Å². The van der Waals surface area contributed by atoms with Crippen LogP contribution in [0.15, 0.2) is 52.9 Å². The molecule has 0 unspecified atom stereocenters. The fraction of sp³-hybridized carbons (Fsp3) is 0.286. The Bertz CT molecular complexity index is 1180. The van der Waals surface area contributed by atoms with E-state index in [2.05, 4.69) is 29.4 Å². The average Bonchev–Trinajstić information content (AvgIpc) is 3.17. The minimum absolute atomic E-state index is 0.119. The van der Waals surface area contributed by atoms with Gasteiger partial charge in [0.1, 0.15) is 0 Å². The maximum Gasteiger partial charge on any atom is 0.257 e. The number of carbonyl (C=O) groups excluding carboxylic acids is 1. The van der Waals surface area contributed by atoms with E-state index < -0.39 is 10.0 Å². The van der Waals surface area contributed by atoms with Gasteiger partial charge < -0.3 is 0 Å². The van der Waals surface area contributed by atoms with Crippen LogP contribution in [0.2, 0.25) is 5.02 Å². The monoisotopic (exact) mass is 510 g/mol. The molecule has 7 nitrogen and oxygen atoms in total. The molecule has 0 saturated heterocycles. The fourth-order valence-electron chi connectivity index (χ4n) is 2.68. The molecule has 0 atom stereocenters. The summed E-state index contributed by atoms with van der Waals surface area (Å²) in [4.78, 5) is 12.5. The molecule has 1 N–H and O–H groups in total. The molecule has 0 fully saturated rings. The molecule has 11 heteroatoms. The molecule has 0 bridgehead atoms. The molecule has 2 aromatic carbocycles. The Morgan fingerprint density at radius 3 is 2.53 bits per heavy atom. The molecular formula is C21H23ClN4O3S3. The topological polar surface area (TPSA) is 92.3 Å². The Labute approximate surface area is 201 Å². The molecular weight excluding hydrogens is 488 g/mol. The second kappa shape index (κ2) is 10.7. The highest BCUT2D eigenvalue weighted by Gasteiger charge is 2.19. The largest absolute Gasteiger partial charge is 0.296 e. The Morgan fingerprint density at radius 1 is 1.19 bits per heavy atom. The van der Waals surface area contributed by atoms with Gasteiger partial charge in [0.05, 0.1) is 18.5 Å². The lowest BCUT2D eigenvalue weighted by molar-refractivity contribution is 0.102. The van der Waals surface area contributed by atoms with Crippen molar-refractivity contribution >= 4 is 61.4 Å². The van der Waals surface area contributed by atoms with Gasteiger partial charge in [-0.3, -0.25) is 14.4 Å². The first-order chi connectivity index (χ1) is 15.1. The Hall–Kier alpha value is -2.14. The summed E-state index contributed by atoms with van der Waals surface area (Å²) in [6, 6.07) is 13.4. The number of hydrogen-bond acceptors (Lipinski definition) is 7. The number of amides is 1. The summed E-state index contributed by atoms with van der Waals surface area (Å²) < 4.78 is 26.7. The summed E-state index contributed by atoms with van der Waals surface area (Å²) in [5, 5.41) is 11.7. The molecule has 0 aliphatic carbocycles. The first kappa shape index (κ1) is 24.5. The molecule has 32 heavy (non-hydrogen) atoms. The van der Waals surface area contributed by atoms with Gasteiger partial charge in [-0.25, -0.2) is 8.42 Å². The van der Waals surface area contributed by atoms with E-state index in [1.165, 1.54) is 15.6 Å². The summed E-state index contributed by atoms with van der Waals surface area (Å²) in [5.41, 5.74) is 1.65. The number of hydrogen-bond donors (Lipinski definition) is 1. The van der Waals surface area contributed by atoms with Crippen molar-refractivity contribution in [2.24, 2.45) is 5.92 Å². The highest BCUT2D eigenvalue weighted by molar-refractivity contribution is 8.01. The average molecular weight is 511 g/mol. The van der Waals surface area contributed by atoms with Crippen LogP contribution in [0.5, 0.6) is 0 Å². The Morgan fingerprint density at radius 2 is 1.91 bits per heavy atom. The van der Waals surface area contributed by atoms with E-state index in [0.717, 1.165) is 21.9 Å². The first-order valence-electron chi connectivity index (χ1n) is 9.71. The number of nitrogens with one attached hydrogen (secondary N) is 1. The Balaban J connectivity index is 1.68. The molecule has 1 heterocycles. The lowest BCUT2D eigenvalue weighted by Gasteiger charge is -2.22. The van der Waals surface area contributed by atoms with Crippen molar-refractivity contribution in [2.45, 2.75) is 24.7 Å². The van der Waals surface area contributed by atoms with Crippen LogP contribution in [0.25, 0.3) is 0 Å². The van der Waals surface area contributed by atoms with Crippen LogP contribution >= 0.6 is 34.7 Å². The molecule has 0 aliphatic heterocycles. The quantitative estimate of drug-likeness (QED) is 0.316. The summed E-state index contributed by atoms with van der Waals surface area (Å²) in [7, 11) is -3.53. The van der Waals surface area contributed by atoms with Crippen LogP contribution in [0.4, 0.5) is 10.8 Å². The molecule has 170 valence electrons. The highest BCUT2D eigenvalue weighted by atomic mass is 35.5. The zero-order chi connectivity index (χ0) is 23.3. The number of benzene rings is 2. The Kier molecular flexibility index (Phi) is 8.16. The van der Waals surface area contributed by atoms with Crippen molar-refractivity contribution in [1.82, 2.24) is 10.2 Å². The zero-order valence-electron chi connectivity index (χ0n) is 17.8. The third-order valence-corrected chi connectivity index (χ3v) is 7.98. The second-order valence-electron chi connectivity index (χ2n) is 7.48. The van der Waals surface area contributed by atoms with Crippen molar-refractivity contribution in [2.75, 3.05) is 21.6 Å². The predicted octanol–water partition coefficient (Wildman–Crippen LogP) is 5.16. The zero-order valence-corrected chi connectivity index (χ0v) is 21.0.